The summed E-state index contributed by atoms with van der Waals surface area (Å²) in [5.41, 5.74) is 2.05. The number of anilines is 1. The van der Waals surface area contributed by atoms with Crippen LogP contribution in [0, 0.1) is 0 Å². The normalized spacial score (nSPS) is 11.2. The molecule has 2 aromatic carbocycles. The van der Waals surface area contributed by atoms with E-state index in [4.69, 9.17) is 9.47 Å². The number of carbonyl (C=O) groups excluding carboxylic acids is 3. The van der Waals surface area contributed by atoms with Crippen LogP contribution >= 0.6 is 0 Å². The molecule has 0 aliphatic rings. The van der Waals surface area contributed by atoms with Gasteiger partial charge in [-0.3, -0.25) is 14.4 Å². The zero-order chi connectivity index (χ0) is 28.4. The second-order valence-electron chi connectivity index (χ2n) is 8.53. The molecule has 0 bridgehead atoms. The molecule has 12 nitrogen and oxygen atoms in total. The first-order chi connectivity index (χ1) is 18.7. The van der Waals surface area contributed by atoms with E-state index in [9.17, 15) is 24.3 Å². The number of hydrogen-bond acceptors (Lipinski definition) is 6. The van der Waals surface area contributed by atoms with E-state index in [1.165, 1.54) is 24.9 Å². The number of nitrogens with zero attached hydrogens (tertiary/aromatic N) is 1. The quantitative estimate of drug-likeness (QED) is 0.237. The predicted octanol–water partition coefficient (Wildman–Crippen LogP) is 2.43. The number of carbonyl (C=O) groups is 4. The molecule has 0 fully saturated rings. The molecule has 3 aromatic rings. The molecule has 12 heteroatoms. The summed E-state index contributed by atoms with van der Waals surface area (Å²) in [5.74, 6) is -1.41. The molecule has 0 saturated carbocycles. The average Bonchev–Trinajstić information content (AvgIpc) is 3.29. The van der Waals surface area contributed by atoms with Gasteiger partial charge in [0.15, 0.2) is 11.5 Å². The van der Waals surface area contributed by atoms with Crippen molar-refractivity contribution in [2.75, 3.05) is 26.1 Å². The maximum atomic E-state index is 12.7. The van der Waals surface area contributed by atoms with Crippen LogP contribution in [-0.4, -0.2) is 54.3 Å². The van der Waals surface area contributed by atoms with Crippen LogP contribution in [0.4, 0.5) is 10.5 Å². The Kier molecular flexibility index (Phi) is 9.90. The van der Waals surface area contributed by atoms with E-state index < -0.39 is 36.4 Å². The molecular formula is C27H31N5O7. The van der Waals surface area contributed by atoms with Crippen molar-refractivity contribution in [1.82, 2.24) is 20.5 Å². The summed E-state index contributed by atoms with van der Waals surface area (Å²) >= 11 is 0. The topological polar surface area (TPSA) is 160 Å². The van der Waals surface area contributed by atoms with Gasteiger partial charge in [0.05, 0.1) is 38.9 Å². The van der Waals surface area contributed by atoms with Gasteiger partial charge in [0.1, 0.15) is 5.69 Å². The SMILES string of the molecule is COc1ccc(C(CC(=O)O)NC(=O)CNC(=O)c2cc(NC(=O)NCc3ccccc3)cn2C)cc1OC. The lowest BCUT2D eigenvalue weighted by molar-refractivity contribution is -0.137. The molecule has 39 heavy (non-hydrogen) atoms. The Morgan fingerprint density at radius 2 is 1.67 bits per heavy atom. The van der Waals surface area contributed by atoms with Gasteiger partial charge in [0.25, 0.3) is 5.91 Å². The zero-order valence-electron chi connectivity index (χ0n) is 21.8. The molecule has 0 radical (unpaired) electrons. The minimum Gasteiger partial charge on any atom is -0.493 e. The fourth-order valence-corrected chi connectivity index (χ4v) is 3.80. The number of urea groups is 1. The third-order valence-corrected chi connectivity index (χ3v) is 5.72. The lowest BCUT2D eigenvalue weighted by atomic mass is 10.0. The fraction of sp³-hybridized carbons (Fsp3) is 0.259. The van der Waals surface area contributed by atoms with Crippen molar-refractivity contribution in [3.63, 3.8) is 0 Å². The van der Waals surface area contributed by atoms with Crippen LogP contribution in [0.2, 0.25) is 0 Å². The number of aliphatic carboxylic acids is 1. The van der Waals surface area contributed by atoms with E-state index in [1.54, 1.807) is 31.4 Å². The van der Waals surface area contributed by atoms with Gasteiger partial charge < -0.3 is 40.4 Å². The summed E-state index contributed by atoms with van der Waals surface area (Å²) in [6.45, 7) is -0.0537. The molecule has 0 saturated heterocycles. The highest BCUT2D eigenvalue weighted by Crippen LogP contribution is 2.31. The van der Waals surface area contributed by atoms with Gasteiger partial charge in [-0.2, -0.15) is 0 Å². The number of carboxylic acids is 1. The van der Waals surface area contributed by atoms with E-state index in [0.29, 0.717) is 29.3 Å². The number of carboxylic acid groups (broad SMARTS) is 1. The molecule has 1 unspecified atom stereocenters. The van der Waals surface area contributed by atoms with Crippen LogP contribution in [0.15, 0.2) is 60.8 Å². The van der Waals surface area contributed by atoms with E-state index >= 15 is 0 Å². The number of aryl methyl sites for hydroxylation is 1. The highest BCUT2D eigenvalue weighted by Gasteiger charge is 2.21. The number of amides is 4. The number of nitrogens with one attached hydrogen (secondary N) is 4. The largest absolute Gasteiger partial charge is 0.493 e. The zero-order valence-corrected chi connectivity index (χ0v) is 21.8. The summed E-state index contributed by atoms with van der Waals surface area (Å²) in [6.07, 6.45) is 1.19. The highest BCUT2D eigenvalue weighted by molar-refractivity contribution is 5.97. The van der Waals surface area contributed by atoms with E-state index in [-0.39, 0.29) is 12.1 Å². The summed E-state index contributed by atoms with van der Waals surface area (Å²) in [5, 5.41) is 19.9. The summed E-state index contributed by atoms with van der Waals surface area (Å²) in [4.78, 5) is 48.9. The smallest absolute Gasteiger partial charge is 0.319 e. The first-order valence-corrected chi connectivity index (χ1v) is 12.0. The van der Waals surface area contributed by atoms with Gasteiger partial charge in [0, 0.05) is 19.8 Å². The van der Waals surface area contributed by atoms with Crippen molar-refractivity contribution < 1.29 is 33.8 Å². The Bertz CT molecular complexity index is 1320. The predicted molar refractivity (Wildman–Crippen MR) is 143 cm³/mol. The lowest BCUT2D eigenvalue weighted by Gasteiger charge is -2.19. The van der Waals surface area contributed by atoms with Gasteiger partial charge in [-0.25, -0.2) is 4.79 Å². The van der Waals surface area contributed by atoms with Crippen molar-refractivity contribution in [3.05, 3.63) is 77.6 Å². The number of hydrogen-bond donors (Lipinski definition) is 5. The van der Waals surface area contributed by atoms with Crippen molar-refractivity contribution in [2.24, 2.45) is 7.05 Å². The highest BCUT2D eigenvalue weighted by atomic mass is 16.5. The first kappa shape index (κ1) is 28.6. The van der Waals surface area contributed by atoms with Crippen molar-refractivity contribution >= 4 is 29.5 Å². The molecule has 5 N–H and O–H groups in total. The van der Waals surface area contributed by atoms with Crippen LogP contribution in [0.25, 0.3) is 0 Å². The summed E-state index contributed by atoms with van der Waals surface area (Å²) < 4.78 is 12.0. The van der Waals surface area contributed by atoms with Gasteiger partial charge in [-0.05, 0) is 29.3 Å². The Hall–Kier alpha value is -5.00. The van der Waals surface area contributed by atoms with Crippen molar-refractivity contribution in [2.45, 2.75) is 19.0 Å². The Balaban J connectivity index is 1.56. The van der Waals surface area contributed by atoms with Crippen LogP contribution < -0.4 is 30.7 Å². The van der Waals surface area contributed by atoms with Crippen LogP contribution in [0.3, 0.4) is 0 Å². The Labute approximate surface area is 225 Å². The maximum absolute atomic E-state index is 12.7. The Morgan fingerprint density at radius 3 is 2.33 bits per heavy atom. The average molecular weight is 538 g/mol. The molecule has 3 rings (SSSR count). The molecule has 1 atom stereocenters. The summed E-state index contributed by atoms with van der Waals surface area (Å²) in [7, 11) is 4.55. The number of methoxy groups -OCH3 is 2. The van der Waals surface area contributed by atoms with Gasteiger partial charge in [0.2, 0.25) is 5.91 Å². The second kappa shape index (κ2) is 13.5. The molecule has 0 aliphatic carbocycles. The lowest BCUT2D eigenvalue weighted by Crippen LogP contribution is -2.39. The second-order valence-corrected chi connectivity index (χ2v) is 8.53. The van der Waals surface area contributed by atoms with Crippen LogP contribution in [0.1, 0.15) is 34.1 Å². The number of aromatic nitrogens is 1. The van der Waals surface area contributed by atoms with E-state index in [0.717, 1.165) is 5.56 Å². The van der Waals surface area contributed by atoms with Crippen LogP contribution in [0.5, 0.6) is 11.5 Å². The van der Waals surface area contributed by atoms with E-state index in [1.807, 2.05) is 30.3 Å². The number of ether oxygens (including phenoxy) is 2. The molecular weight excluding hydrogens is 506 g/mol. The first-order valence-electron chi connectivity index (χ1n) is 12.0. The molecule has 0 spiro atoms. The maximum Gasteiger partial charge on any atom is 0.319 e. The number of benzene rings is 2. The minimum atomic E-state index is -1.12. The standard InChI is InChI=1S/C27H31N5O7/c1-32-16-19(30-27(37)29-14-17-7-5-4-6-8-17)12-21(32)26(36)28-15-24(33)31-20(13-25(34)35)18-9-10-22(38-2)23(11-18)39-3/h4-12,16,20H,13-15H2,1-3H3,(H,28,36)(H,31,33)(H,34,35)(H2,29,30,37). The van der Waals surface area contributed by atoms with Crippen LogP contribution in [-0.2, 0) is 23.2 Å². The molecule has 1 aromatic heterocycles. The number of rotatable bonds is 12. The van der Waals surface area contributed by atoms with Gasteiger partial charge in [-0.1, -0.05) is 36.4 Å². The third-order valence-electron chi connectivity index (χ3n) is 5.72. The summed E-state index contributed by atoms with van der Waals surface area (Å²) in [6, 6.07) is 14.4. The molecule has 206 valence electrons. The van der Waals surface area contributed by atoms with Crippen molar-refractivity contribution in [1.29, 1.82) is 0 Å². The molecule has 1 heterocycles. The van der Waals surface area contributed by atoms with Gasteiger partial charge in [-0.15, -0.1) is 0 Å². The van der Waals surface area contributed by atoms with Gasteiger partial charge >= 0.3 is 12.0 Å². The minimum absolute atomic E-state index is 0.211. The van der Waals surface area contributed by atoms with Crippen molar-refractivity contribution in [3.8, 4) is 11.5 Å². The fourth-order valence-electron chi connectivity index (χ4n) is 3.80. The Morgan fingerprint density at radius 1 is 0.949 bits per heavy atom. The third kappa shape index (κ3) is 8.25. The van der Waals surface area contributed by atoms with E-state index in [2.05, 4.69) is 21.3 Å². The molecule has 0 aliphatic heterocycles. The molecule has 4 amide bonds. The monoisotopic (exact) mass is 537 g/mol.